The molecule has 0 atom stereocenters. The molecule has 0 aromatic heterocycles. The van der Waals surface area contributed by atoms with Gasteiger partial charge in [0, 0.05) is 38.8 Å². The van der Waals surface area contributed by atoms with Crippen LogP contribution in [0.3, 0.4) is 0 Å². The first-order chi connectivity index (χ1) is 13.0. The topological polar surface area (TPSA) is 65.0 Å². The first kappa shape index (κ1) is 18.9. The highest BCUT2D eigenvalue weighted by atomic mass is 35.5. The highest BCUT2D eigenvalue weighted by Gasteiger charge is 2.34. The van der Waals surface area contributed by atoms with Crippen molar-refractivity contribution in [2.24, 2.45) is 4.99 Å². The van der Waals surface area contributed by atoms with Crippen LogP contribution in [0.5, 0.6) is 0 Å². The summed E-state index contributed by atoms with van der Waals surface area (Å²) in [6.45, 7) is 1.35. The average Bonchev–Trinajstić information content (AvgIpc) is 2.92. The zero-order valence-electron chi connectivity index (χ0n) is 15.3. The van der Waals surface area contributed by atoms with Crippen molar-refractivity contribution in [1.29, 1.82) is 0 Å². The molecule has 0 bridgehead atoms. The molecule has 0 saturated carbocycles. The maximum atomic E-state index is 12.4. The van der Waals surface area contributed by atoms with Crippen molar-refractivity contribution in [3.63, 3.8) is 0 Å². The van der Waals surface area contributed by atoms with E-state index < -0.39 is 0 Å². The van der Waals surface area contributed by atoms with Crippen molar-refractivity contribution in [1.82, 2.24) is 15.1 Å². The number of rotatable bonds is 5. The van der Waals surface area contributed by atoms with E-state index in [4.69, 9.17) is 11.6 Å². The smallest absolute Gasteiger partial charge is 0.261 e. The van der Waals surface area contributed by atoms with Crippen LogP contribution >= 0.6 is 11.6 Å². The van der Waals surface area contributed by atoms with E-state index in [9.17, 15) is 9.59 Å². The minimum Gasteiger partial charge on any atom is -0.354 e. The Balaban J connectivity index is 1.55. The Morgan fingerprint density at radius 2 is 1.67 bits per heavy atom. The lowest BCUT2D eigenvalue weighted by molar-refractivity contribution is 0.0657. The Hall–Kier alpha value is -2.86. The lowest BCUT2D eigenvalue weighted by Gasteiger charge is -2.23. The second-order valence-corrected chi connectivity index (χ2v) is 6.70. The number of guanidine groups is 1. The number of carbonyl (C=O) groups is 2. The van der Waals surface area contributed by atoms with Crippen LogP contribution in [0.4, 0.5) is 0 Å². The van der Waals surface area contributed by atoms with Crippen LogP contribution in [0.25, 0.3) is 0 Å². The quantitative estimate of drug-likeness (QED) is 0.489. The van der Waals surface area contributed by atoms with Crippen molar-refractivity contribution in [3.8, 4) is 0 Å². The number of nitrogens with zero attached hydrogens (tertiary/aromatic N) is 3. The average molecular weight is 385 g/mol. The van der Waals surface area contributed by atoms with Crippen molar-refractivity contribution in [3.05, 3.63) is 70.2 Å². The predicted octanol–water partition coefficient (Wildman–Crippen LogP) is 2.64. The molecule has 7 heteroatoms. The van der Waals surface area contributed by atoms with Gasteiger partial charge in [-0.25, -0.2) is 0 Å². The minimum absolute atomic E-state index is 0.248. The Labute approximate surface area is 163 Å². The molecule has 0 radical (unpaired) electrons. The molecule has 2 amide bonds. The molecular weight excluding hydrogens is 364 g/mol. The highest BCUT2D eigenvalue weighted by molar-refractivity contribution is 6.30. The van der Waals surface area contributed by atoms with E-state index in [0.717, 1.165) is 5.56 Å². The number of hydrogen-bond donors (Lipinski definition) is 1. The highest BCUT2D eigenvalue weighted by Crippen LogP contribution is 2.21. The molecule has 0 saturated heterocycles. The molecule has 0 unspecified atom stereocenters. The molecule has 3 rings (SSSR count). The molecule has 0 aliphatic carbocycles. The van der Waals surface area contributed by atoms with Crippen LogP contribution in [0.15, 0.2) is 53.5 Å². The van der Waals surface area contributed by atoms with E-state index >= 15 is 0 Å². The summed E-state index contributed by atoms with van der Waals surface area (Å²) in [6, 6.07) is 14.5. The largest absolute Gasteiger partial charge is 0.354 e. The first-order valence-corrected chi connectivity index (χ1v) is 9.00. The summed E-state index contributed by atoms with van der Waals surface area (Å²) in [7, 11) is 3.62. The van der Waals surface area contributed by atoms with Crippen molar-refractivity contribution < 1.29 is 9.59 Å². The third-order valence-corrected chi connectivity index (χ3v) is 4.66. The molecule has 1 heterocycles. The van der Waals surface area contributed by atoms with Crippen LogP contribution < -0.4 is 5.32 Å². The van der Waals surface area contributed by atoms with Gasteiger partial charge >= 0.3 is 0 Å². The number of imide groups is 1. The van der Waals surface area contributed by atoms with Gasteiger partial charge in [-0.05, 0) is 29.8 Å². The van der Waals surface area contributed by atoms with Gasteiger partial charge in [0.15, 0.2) is 5.96 Å². The molecule has 1 N–H and O–H groups in total. The summed E-state index contributed by atoms with van der Waals surface area (Å²) in [5.74, 6) is 0.186. The van der Waals surface area contributed by atoms with Gasteiger partial charge < -0.3 is 10.2 Å². The number of nitrogens with one attached hydrogen (secondary N) is 1. The van der Waals surface area contributed by atoms with Gasteiger partial charge in [-0.15, -0.1) is 0 Å². The molecule has 1 aliphatic heterocycles. The second-order valence-electron chi connectivity index (χ2n) is 6.26. The number of benzene rings is 2. The third-order valence-electron chi connectivity index (χ3n) is 4.40. The van der Waals surface area contributed by atoms with Gasteiger partial charge in [0.1, 0.15) is 0 Å². The van der Waals surface area contributed by atoms with Crippen molar-refractivity contribution >= 4 is 29.4 Å². The Kier molecular flexibility index (Phi) is 5.76. The van der Waals surface area contributed by atoms with Gasteiger partial charge in [-0.1, -0.05) is 35.9 Å². The van der Waals surface area contributed by atoms with Gasteiger partial charge in [-0.3, -0.25) is 19.5 Å². The van der Waals surface area contributed by atoms with Crippen LogP contribution in [0.1, 0.15) is 26.3 Å². The molecule has 140 valence electrons. The fourth-order valence-corrected chi connectivity index (χ4v) is 3.17. The second kappa shape index (κ2) is 8.22. The lowest BCUT2D eigenvalue weighted by atomic mass is 10.1. The van der Waals surface area contributed by atoms with E-state index in [1.54, 1.807) is 31.3 Å². The van der Waals surface area contributed by atoms with Gasteiger partial charge in [0.05, 0.1) is 11.1 Å². The number of carbonyl (C=O) groups excluding carboxylic acids is 2. The van der Waals surface area contributed by atoms with E-state index in [1.807, 2.05) is 36.2 Å². The number of hydrogen-bond acceptors (Lipinski definition) is 3. The molecule has 1 aliphatic rings. The zero-order chi connectivity index (χ0) is 19.4. The number of aliphatic imine (C=N–C) groups is 1. The summed E-state index contributed by atoms with van der Waals surface area (Å²) in [5, 5.41) is 3.90. The fourth-order valence-electron chi connectivity index (χ4n) is 3.05. The van der Waals surface area contributed by atoms with Gasteiger partial charge in [-0.2, -0.15) is 0 Å². The maximum Gasteiger partial charge on any atom is 0.261 e. The molecule has 2 aromatic rings. The third kappa shape index (κ3) is 4.11. The fraction of sp³-hybridized carbons (Fsp3) is 0.250. The Morgan fingerprint density at radius 3 is 2.22 bits per heavy atom. The maximum absolute atomic E-state index is 12.4. The normalized spacial score (nSPS) is 13.7. The zero-order valence-corrected chi connectivity index (χ0v) is 16.0. The van der Waals surface area contributed by atoms with E-state index in [1.165, 1.54) is 4.90 Å². The van der Waals surface area contributed by atoms with E-state index in [2.05, 4.69) is 10.3 Å². The summed E-state index contributed by atoms with van der Waals surface area (Å²) in [5.41, 5.74) is 2.03. The summed E-state index contributed by atoms with van der Waals surface area (Å²) >= 11 is 5.92. The summed E-state index contributed by atoms with van der Waals surface area (Å²) < 4.78 is 0. The van der Waals surface area contributed by atoms with E-state index in [0.29, 0.717) is 35.2 Å². The van der Waals surface area contributed by atoms with Gasteiger partial charge in [0.25, 0.3) is 11.8 Å². The molecule has 0 spiro atoms. The SMILES string of the molecule is CN=C(NCCN1C(=O)c2ccccc2C1=O)N(C)Cc1ccc(Cl)cc1. The van der Waals surface area contributed by atoms with Crippen molar-refractivity contribution in [2.75, 3.05) is 27.2 Å². The van der Waals surface area contributed by atoms with Gasteiger partial charge in [0.2, 0.25) is 0 Å². The number of amides is 2. The van der Waals surface area contributed by atoms with Crippen LogP contribution in [0.2, 0.25) is 5.02 Å². The van der Waals surface area contributed by atoms with E-state index in [-0.39, 0.29) is 18.4 Å². The Morgan fingerprint density at radius 1 is 1.07 bits per heavy atom. The predicted molar refractivity (Wildman–Crippen MR) is 106 cm³/mol. The molecule has 2 aromatic carbocycles. The summed E-state index contributed by atoms with van der Waals surface area (Å²) in [6.07, 6.45) is 0. The molecule has 6 nitrogen and oxygen atoms in total. The van der Waals surface area contributed by atoms with Crippen LogP contribution in [-0.4, -0.2) is 54.8 Å². The summed E-state index contributed by atoms with van der Waals surface area (Å²) in [4.78, 5) is 32.3. The molecular formula is C20H21ClN4O2. The monoisotopic (exact) mass is 384 g/mol. The van der Waals surface area contributed by atoms with Crippen LogP contribution in [0, 0.1) is 0 Å². The first-order valence-electron chi connectivity index (χ1n) is 8.62. The Bertz CT molecular complexity index is 845. The molecule has 27 heavy (non-hydrogen) atoms. The number of halogens is 1. The van der Waals surface area contributed by atoms with Crippen LogP contribution in [-0.2, 0) is 6.54 Å². The standard InChI is InChI=1S/C20H21ClN4O2/c1-22-20(24(2)13-14-7-9-15(21)10-8-14)23-11-12-25-18(26)16-5-3-4-6-17(16)19(25)27/h3-10H,11-13H2,1-2H3,(H,22,23). The lowest BCUT2D eigenvalue weighted by Crippen LogP contribution is -2.43. The minimum atomic E-state index is -0.248. The molecule has 0 fully saturated rings. The number of fused-ring (bicyclic) bond motifs is 1. The van der Waals surface area contributed by atoms with Crippen molar-refractivity contribution in [2.45, 2.75) is 6.54 Å².